The molecule has 0 amide bonds. The lowest BCUT2D eigenvalue weighted by Gasteiger charge is -2.15. The van der Waals surface area contributed by atoms with Crippen molar-refractivity contribution in [2.24, 2.45) is 0 Å². The summed E-state index contributed by atoms with van der Waals surface area (Å²) < 4.78 is 21.9. The van der Waals surface area contributed by atoms with Crippen molar-refractivity contribution < 1.29 is 18.9 Å². The van der Waals surface area contributed by atoms with Crippen molar-refractivity contribution in [3.63, 3.8) is 0 Å². The van der Waals surface area contributed by atoms with E-state index in [0.29, 0.717) is 30.0 Å². The number of hydrogen-bond acceptors (Lipinski definition) is 5. The third kappa shape index (κ3) is 4.02. The molecule has 1 atom stereocenters. The maximum absolute atomic E-state index is 5.76. The lowest BCUT2D eigenvalue weighted by Crippen LogP contribution is -2.29. The highest BCUT2D eigenvalue weighted by Crippen LogP contribution is 2.36. The van der Waals surface area contributed by atoms with Gasteiger partial charge in [-0.15, -0.1) is 0 Å². The van der Waals surface area contributed by atoms with Gasteiger partial charge in [-0.05, 0) is 25.0 Å². The van der Waals surface area contributed by atoms with E-state index in [2.05, 4.69) is 5.32 Å². The molecule has 1 fully saturated rings. The molecule has 1 aliphatic rings. The number of rotatable bonds is 8. The minimum absolute atomic E-state index is 0.357. The van der Waals surface area contributed by atoms with Crippen LogP contribution in [-0.2, 0) is 4.74 Å². The molecule has 0 bridgehead atoms. The summed E-state index contributed by atoms with van der Waals surface area (Å²) in [7, 11) is 3.24. The third-order valence-electron chi connectivity index (χ3n) is 3.30. The number of hydrogen-bond donors (Lipinski definition) is 1. The van der Waals surface area contributed by atoms with Gasteiger partial charge in [0.05, 0.1) is 20.3 Å². The van der Waals surface area contributed by atoms with E-state index >= 15 is 0 Å². The largest absolute Gasteiger partial charge is 0.493 e. The average molecular weight is 281 g/mol. The van der Waals surface area contributed by atoms with E-state index in [1.807, 2.05) is 18.2 Å². The molecule has 1 saturated heterocycles. The number of ether oxygens (including phenoxy) is 4. The van der Waals surface area contributed by atoms with Gasteiger partial charge in [0.2, 0.25) is 5.75 Å². The molecule has 0 radical (unpaired) electrons. The second-order valence-electron chi connectivity index (χ2n) is 4.68. The summed E-state index contributed by atoms with van der Waals surface area (Å²) in [5.41, 5.74) is 0. The smallest absolute Gasteiger partial charge is 0.203 e. The molecule has 0 spiro atoms. The fourth-order valence-electron chi connectivity index (χ4n) is 2.25. The Morgan fingerprint density at radius 3 is 2.60 bits per heavy atom. The first-order chi connectivity index (χ1) is 9.85. The molecular weight excluding hydrogens is 258 g/mol. The van der Waals surface area contributed by atoms with Crippen LogP contribution in [0.1, 0.15) is 12.8 Å². The van der Waals surface area contributed by atoms with Gasteiger partial charge in [0.25, 0.3) is 0 Å². The first kappa shape index (κ1) is 14.9. The zero-order valence-electron chi connectivity index (χ0n) is 12.2. The standard InChI is InChI=1S/C15H23NO4/c1-17-13-6-3-7-14(18-2)15(13)20-10-8-16-11-12-5-4-9-19-12/h3,6-7,12,16H,4-5,8-11H2,1-2H3. The van der Waals surface area contributed by atoms with Crippen molar-refractivity contribution in [1.29, 1.82) is 0 Å². The van der Waals surface area contributed by atoms with Crippen molar-refractivity contribution in [2.45, 2.75) is 18.9 Å². The Bertz CT molecular complexity index is 383. The monoisotopic (exact) mass is 281 g/mol. The number of methoxy groups -OCH3 is 2. The molecule has 5 heteroatoms. The van der Waals surface area contributed by atoms with Crippen molar-refractivity contribution >= 4 is 0 Å². The van der Waals surface area contributed by atoms with Gasteiger partial charge in [-0.25, -0.2) is 0 Å². The van der Waals surface area contributed by atoms with Crippen LogP contribution in [0.15, 0.2) is 18.2 Å². The normalized spacial score (nSPS) is 18.0. The van der Waals surface area contributed by atoms with Gasteiger partial charge in [0.1, 0.15) is 6.61 Å². The van der Waals surface area contributed by atoms with E-state index in [4.69, 9.17) is 18.9 Å². The highest BCUT2D eigenvalue weighted by molar-refractivity contribution is 5.51. The SMILES string of the molecule is COc1cccc(OC)c1OCCNCC1CCCO1. The minimum Gasteiger partial charge on any atom is -0.493 e. The quantitative estimate of drug-likeness (QED) is 0.737. The van der Waals surface area contributed by atoms with Crippen molar-refractivity contribution in [2.75, 3.05) is 40.5 Å². The van der Waals surface area contributed by atoms with Gasteiger partial charge in [-0.2, -0.15) is 0 Å². The lowest BCUT2D eigenvalue weighted by atomic mass is 10.2. The molecule has 0 saturated carbocycles. The molecule has 1 aromatic carbocycles. The van der Waals surface area contributed by atoms with Crippen LogP contribution in [-0.4, -0.2) is 46.6 Å². The summed E-state index contributed by atoms with van der Waals surface area (Å²) in [4.78, 5) is 0. The van der Waals surface area contributed by atoms with Crippen molar-refractivity contribution in [1.82, 2.24) is 5.32 Å². The molecule has 0 aromatic heterocycles. The van der Waals surface area contributed by atoms with Gasteiger partial charge >= 0.3 is 0 Å². The Morgan fingerprint density at radius 2 is 2.00 bits per heavy atom. The van der Waals surface area contributed by atoms with E-state index < -0.39 is 0 Å². The van der Waals surface area contributed by atoms with E-state index in [9.17, 15) is 0 Å². The van der Waals surface area contributed by atoms with Gasteiger partial charge in [0.15, 0.2) is 11.5 Å². The zero-order chi connectivity index (χ0) is 14.2. The molecular formula is C15H23NO4. The second kappa shape index (κ2) is 7.97. The van der Waals surface area contributed by atoms with Gasteiger partial charge in [-0.1, -0.05) is 6.07 Å². The van der Waals surface area contributed by atoms with Crippen LogP contribution >= 0.6 is 0 Å². The number of para-hydroxylation sites is 1. The molecule has 1 unspecified atom stereocenters. The van der Waals surface area contributed by atoms with Crippen LogP contribution in [0.3, 0.4) is 0 Å². The summed E-state index contributed by atoms with van der Waals surface area (Å²) in [6.07, 6.45) is 2.67. The highest BCUT2D eigenvalue weighted by atomic mass is 16.5. The molecule has 5 nitrogen and oxygen atoms in total. The fraction of sp³-hybridized carbons (Fsp3) is 0.600. The highest BCUT2D eigenvalue weighted by Gasteiger charge is 2.14. The van der Waals surface area contributed by atoms with Crippen LogP contribution in [0.5, 0.6) is 17.2 Å². The van der Waals surface area contributed by atoms with E-state index in [0.717, 1.165) is 26.1 Å². The van der Waals surface area contributed by atoms with Gasteiger partial charge < -0.3 is 24.3 Å². The number of benzene rings is 1. The maximum Gasteiger partial charge on any atom is 0.203 e. The van der Waals surface area contributed by atoms with E-state index in [1.54, 1.807) is 14.2 Å². The second-order valence-corrected chi connectivity index (χ2v) is 4.68. The Morgan fingerprint density at radius 1 is 1.25 bits per heavy atom. The first-order valence-corrected chi connectivity index (χ1v) is 7.01. The maximum atomic E-state index is 5.76. The fourth-order valence-corrected chi connectivity index (χ4v) is 2.25. The third-order valence-corrected chi connectivity index (χ3v) is 3.30. The van der Waals surface area contributed by atoms with E-state index in [-0.39, 0.29) is 0 Å². The molecule has 1 aromatic rings. The van der Waals surface area contributed by atoms with Crippen LogP contribution in [0.2, 0.25) is 0 Å². The van der Waals surface area contributed by atoms with Crippen LogP contribution < -0.4 is 19.5 Å². The molecule has 2 rings (SSSR count). The zero-order valence-corrected chi connectivity index (χ0v) is 12.2. The Hall–Kier alpha value is -1.46. The molecule has 1 heterocycles. The Kier molecular flexibility index (Phi) is 5.95. The average Bonchev–Trinajstić information content (AvgIpc) is 3.00. The Labute approximate surface area is 120 Å². The predicted molar refractivity (Wildman–Crippen MR) is 76.9 cm³/mol. The predicted octanol–water partition coefficient (Wildman–Crippen LogP) is 1.85. The van der Waals surface area contributed by atoms with Gasteiger partial charge in [-0.3, -0.25) is 0 Å². The molecule has 1 aliphatic heterocycles. The lowest BCUT2D eigenvalue weighted by molar-refractivity contribution is 0.109. The summed E-state index contributed by atoms with van der Waals surface area (Å²) in [6.45, 7) is 3.10. The molecule has 20 heavy (non-hydrogen) atoms. The van der Waals surface area contributed by atoms with Crippen molar-refractivity contribution in [3.05, 3.63) is 18.2 Å². The van der Waals surface area contributed by atoms with Crippen LogP contribution in [0.4, 0.5) is 0 Å². The first-order valence-electron chi connectivity index (χ1n) is 7.01. The number of nitrogens with one attached hydrogen (secondary N) is 1. The summed E-state index contributed by atoms with van der Waals surface area (Å²) in [6, 6.07) is 5.59. The summed E-state index contributed by atoms with van der Waals surface area (Å²) in [5.74, 6) is 2.02. The molecule has 0 aliphatic carbocycles. The van der Waals surface area contributed by atoms with Crippen LogP contribution in [0.25, 0.3) is 0 Å². The van der Waals surface area contributed by atoms with Crippen molar-refractivity contribution in [3.8, 4) is 17.2 Å². The summed E-state index contributed by atoms with van der Waals surface area (Å²) >= 11 is 0. The molecule has 1 N–H and O–H groups in total. The topological polar surface area (TPSA) is 49.0 Å². The summed E-state index contributed by atoms with van der Waals surface area (Å²) in [5, 5.41) is 3.34. The molecule has 112 valence electrons. The van der Waals surface area contributed by atoms with E-state index in [1.165, 1.54) is 6.42 Å². The van der Waals surface area contributed by atoms with Crippen LogP contribution in [0, 0.1) is 0 Å². The Balaban J connectivity index is 1.75. The van der Waals surface area contributed by atoms with Gasteiger partial charge in [0, 0.05) is 19.7 Å². The minimum atomic E-state index is 0.357.